The molecule has 3 aliphatic rings. The molecule has 26 heavy (non-hydrogen) atoms. The number of H-pyrrole nitrogens is 1. The van der Waals surface area contributed by atoms with E-state index in [4.69, 9.17) is 17.0 Å². The molecule has 0 aromatic carbocycles. The summed E-state index contributed by atoms with van der Waals surface area (Å²) in [5.74, 6) is 6.67. The van der Waals surface area contributed by atoms with Crippen LogP contribution in [0.2, 0.25) is 0 Å². The van der Waals surface area contributed by atoms with Crippen LogP contribution in [-0.2, 0) is 4.79 Å². The fourth-order valence-electron chi connectivity index (χ4n) is 4.15. The zero-order valence-corrected chi connectivity index (χ0v) is 15.1. The lowest BCUT2D eigenvalue weighted by Crippen LogP contribution is -2.57. The van der Waals surface area contributed by atoms with E-state index in [9.17, 15) is 4.79 Å². The molecule has 140 valence electrons. The lowest BCUT2D eigenvalue weighted by molar-refractivity contribution is -0.137. The number of nitrogens with zero attached hydrogens (tertiary/aromatic N) is 3. The third-order valence-corrected chi connectivity index (χ3v) is 5.59. The first-order valence-corrected chi connectivity index (χ1v) is 9.23. The van der Waals surface area contributed by atoms with Gasteiger partial charge < -0.3 is 25.5 Å². The third kappa shape index (κ3) is 3.05. The van der Waals surface area contributed by atoms with Crippen molar-refractivity contribution in [1.82, 2.24) is 19.8 Å². The summed E-state index contributed by atoms with van der Waals surface area (Å²) in [4.78, 5) is 19.9. The van der Waals surface area contributed by atoms with Crippen LogP contribution in [0.1, 0.15) is 36.9 Å². The molecule has 1 aliphatic carbocycles. The van der Waals surface area contributed by atoms with Crippen molar-refractivity contribution in [3.05, 3.63) is 29.7 Å². The number of amides is 1. The molecule has 2 saturated heterocycles. The Bertz CT molecular complexity index is 734. The Morgan fingerprint density at radius 1 is 1.31 bits per heavy atom. The highest BCUT2D eigenvalue weighted by atomic mass is 16.2. The Labute approximate surface area is 153 Å². The van der Waals surface area contributed by atoms with E-state index in [2.05, 4.69) is 14.8 Å². The van der Waals surface area contributed by atoms with Crippen molar-refractivity contribution in [3.8, 4) is 0 Å². The topological polar surface area (TPSA) is 118 Å². The minimum absolute atomic E-state index is 0.243. The number of aromatic nitrogens is 1. The highest BCUT2D eigenvalue weighted by Crippen LogP contribution is 2.38. The first-order chi connectivity index (χ1) is 12.4. The lowest BCUT2D eigenvalue weighted by Gasteiger charge is -2.42. The molecular weight excluding hydrogens is 330 g/mol. The molecule has 1 aromatic rings. The molecule has 0 spiro atoms. The number of amidine groups is 1. The van der Waals surface area contributed by atoms with Crippen LogP contribution in [0.4, 0.5) is 0 Å². The van der Waals surface area contributed by atoms with Crippen molar-refractivity contribution in [1.29, 1.82) is 5.41 Å². The number of aromatic amines is 1. The number of nitrogens with one attached hydrogen (secondary N) is 2. The minimum atomic E-state index is 0.243. The van der Waals surface area contributed by atoms with Gasteiger partial charge in [0, 0.05) is 56.1 Å². The molecule has 4 rings (SSSR count). The maximum atomic E-state index is 12.5. The van der Waals surface area contributed by atoms with Crippen LogP contribution < -0.4 is 11.6 Å². The summed E-state index contributed by atoms with van der Waals surface area (Å²) in [6.45, 7) is 1.47. The molecule has 6 N–H and O–H groups in total. The first-order valence-electron chi connectivity index (χ1n) is 9.23. The number of hydrogen-bond donors (Lipinski definition) is 4. The maximum Gasteiger partial charge on any atom is 0.226 e. The van der Waals surface area contributed by atoms with Crippen LogP contribution in [-0.4, -0.2) is 63.8 Å². The average Bonchev–Trinajstić information content (AvgIpc) is 3.27. The molecule has 8 heteroatoms. The van der Waals surface area contributed by atoms with Crippen molar-refractivity contribution in [3.63, 3.8) is 0 Å². The van der Waals surface area contributed by atoms with E-state index >= 15 is 0 Å². The Hall–Kier alpha value is -2.48. The van der Waals surface area contributed by atoms with E-state index in [1.165, 1.54) is 5.01 Å². The van der Waals surface area contributed by atoms with E-state index in [1.807, 2.05) is 6.07 Å². The van der Waals surface area contributed by atoms with Gasteiger partial charge in [-0.2, -0.15) is 0 Å². The van der Waals surface area contributed by atoms with E-state index in [0.29, 0.717) is 17.4 Å². The van der Waals surface area contributed by atoms with Crippen LogP contribution in [0, 0.1) is 11.3 Å². The van der Waals surface area contributed by atoms with Crippen molar-refractivity contribution in [2.75, 3.05) is 20.1 Å². The minimum Gasteiger partial charge on any atom is -0.397 e. The van der Waals surface area contributed by atoms with Crippen molar-refractivity contribution in [2.24, 2.45) is 17.5 Å². The van der Waals surface area contributed by atoms with Gasteiger partial charge in [-0.15, -0.1) is 0 Å². The van der Waals surface area contributed by atoms with Crippen LogP contribution in [0.25, 0.3) is 5.70 Å². The number of rotatable bonds is 4. The number of hydrazine groups is 1. The van der Waals surface area contributed by atoms with Gasteiger partial charge in [0.2, 0.25) is 5.91 Å². The second-order valence-electron chi connectivity index (χ2n) is 7.71. The normalized spacial score (nSPS) is 25.5. The highest BCUT2D eigenvalue weighted by Gasteiger charge is 2.46. The summed E-state index contributed by atoms with van der Waals surface area (Å²) in [7, 11) is 1.71. The Morgan fingerprint density at radius 3 is 2.54 bits per heavy atom. The number of hydrogen-bond acceptors (Lipinski definition) is 5. The Kier molecular flexibility index (Phi) is 4.14. The molecule has 1 aromatic heterocycles. The summed E-state index contributed by atoms with van der Waals surface area (Å²) in [5.41, 5.74) is 8.11. The Balaban J connectivity index is 1.45. The maximum absolute atomic E-state index is 12.5. The fraction of sp³-hybridized carbons (Fsp3) is 0.556. The number of fused-ring (bicyclic) bond motifs is 2. The zero-order chi connectivity index (χ0) is 18.4. The molecule has 2 unspecified atom stereocenters. The van der Waals surface area contributed by atoms with Crippen LogP contribution in [0.5, 0.6) is 0 Å². The van der Waals surface area contributed by atoms with Crippen molar-refractivity contribution in [2.45, 2.75) is 37.8 Å². The SMILES string of the molecule is CN(N)/C=C(\N)c1c[nH]c(C(=N)N2CC3CCC(C2)N3C(=O)C2CC2)c1. The molecule has 0 radical (unpaired) electrons. The number of carbonyl (C=O) groups is 1. The smallest absolute Gasteiger partial charge is 0.226 e. The van der Waals surface area contributed by atoms with Crippen LogP contribution in [0.3, 0.4) is 0 Å². The van der Waals surface area contributed by atoms with Gasteiger partial charge >= 0.3 is 0 Å². The number of piperazine rings is 1. The molecule has 2 aliphatic heterocycles. The standard InChI is InChI=1S/C18H27N7O/c1-23(21)10-15(19)12-6-16(22-7-12)17(20)24-8-13-4-5-14(9-24)25(13)18(26)11-2-3-11/h6-7,10-11,13-14,20,22H,2-5,8-9,19,21H2,1H3/b15-10-,20-17?. The second kappa shape index (κ2) is 6.35. The van der Waals surface area contributed by atoms with Gasteiger partial charge in [0.1, 0.15) is 5.84 Å². The van der Waals surface area contributed by atoms with E-state index in [0.717, 1.165) is 50.0 Å². The molecule has 2 atom stereocenters. The molecule has 8 nitrogen and oxygen atoms in total. The predicted molar refractivity (Wildman–Crippen MR) is 99.7 cm³/mol. The molecule has 2 bridgehead atoms. The summed E-state index contributed by atoms with van der Waals surface area (Å²) in [5, 5.41) is 10.00. The van der Waals surface area contributed by atoms with Gasteiger partial charge in [0.05, 0.1) is 11.4 Å². The molecular formula is C18H27N7O. The molecule has 1 amide bonds. The average molecular weight is 357 g/mol. The predicted octanol–water partition coefficient (Wildman–Crippen LogP) is 0.488. The Morgan fingerprint density at radius 2 is 1.96 bits per heavy atom. The first kappa shape index (κ1) is 17.0. The van der Waals surface area contributed by atoms with E-state index in [1.54, 1.807) is 19.4 Å². The summed E-state index contributed by atoms with van der Waals surface area (Å²) < 4.78 is 0. The lowest BCUT2D eigenvalue weighted by atomic mass is 10.1. The van der Waals surface area contributed by atoms with E-state index < -0.39 is 0 Å². The second-order valence-corrected chi connectivity index (χ2v) is 7.71. The van der Waals surface area contributed by atoms with Gasteiger partial charge in [-0.1, -0.05) is 0 Å². The molecule has 3 fully saturated rings. The largest absolute Gasteiger partial charge is 0.397 e. The van der Waals surface area contributed by atoms with Gasteiger partial charge in [0.15, 0.2) is 0 Å². The fourth-order valence-corrected chi connectivity index (χ4v) is 4.15. The summed E-state index contributed by atoms with van der Waals surface area (Å²) in [6, 6.07) is 2.36. The zero-order valence-electron chi connectivity index (χ0n) is 15.1. The number of likely N-dealkylation sites (tertiary alicyclic amines) is 1. The quantitative estimate of drug-likeness (QED) is 0.271. The molecule has 1 saturated carbocycles. The highest BCUT2D eigenvalue weighted by molar-refractivity contribution is 5.96. The van der Waals surface area contributed by atoms with E-state index in [-0.39, 0.29) is 18.0 Å². The van der Waals surface area contributed by atoms with Gasteiger partial charge in [-0.05, 0) is 31.7 Å². The van der Waals surface area contributed by atoms with Crippen molar-refractivity contribution < 1.29 is 4.79 Å². The number of carbonyl (C=O) groups excluding carboxylic acids is 1. The van der Waals surface area contributed by atoms with Crippen LogP contribution >= 0.6 is 0 Å². The van der Waals surface area contributed by atoms with Gasteiger partial charge in [-0.25, -0.2) is 5.84 Å². The van der Waals surface area contributed by atoms with Crippen LogP contribution in [0.15, 0.2) is 18.5 Å². The monoisotopic (exact) mass is 357 g/mol. The van der Waals surface area contributed by atoms with Crippen molar-refractivity contribution >= 4 is 17.4 Å². The summed E-state index contributed by atoms with van der Waals surface area (Å²) >= 11 is 0. The van der Waals surface area contributed by atoms with Gasteiger partial charge in [-0.3, -0.25) is 10.2 Å². The molecule has 3 heterocycles. The summed E-state index contributed by atoms with van der Waals surface area (Å²) in [6.07, 6.45) is 7.61. The van der Waals surface area contributed by atoms with Gasteiger partial charge in [0.25, 0.3) is 0 Å². The third-order valence-electron chi connectivity index (χ3n) is 5.59. The number of nitrogens with two attached hydrogens (primary N) is 2.